The lowest BCUT2D eigenvalue weighted by atomic mass is 10.2. The Morgan fingerprint density at radius 3 is 2.82 bits per heavy atom. The summed E-state index contributed by atoms with van der Waals surface area (Å²) in [7, 11) is 0. The number of para-hydroxylation sites is 2. The van der Waals surface area contributed by atoms with E-state index in [1.54, 1.807) is 0 Å². The lowest BCUT2D eigenvalue weighted by molar-refractivity contribution is 0.624. The van der Waals surface area contributed by atoms with Crippen LogP contribution in [0.15, 0.2) is 29.3 Å². The standard InChI is InChI=1S/C16H25N5.HI/c1-12(2)11-19-16(17)18-9-6-10-21-13(3)20-14-7-4-5-8-15(14)21;/h4-5,7-8,12H,6,9-11H2,1-3H3,(H3,17,18,19);1H. The minimum absolute atomic E-state index is 0. The summed E-state index contributed by atoms with van der Waals surface area (Å²) in [5.41, 5.74) is 8.07. The molecule has 0 aliphatic carbocycles. The summed E-state index contributed by atoms with van der Waals surface area (Å²) in [5.74, 6) is 2.12. The maximum atomic E-state index is 5.82. The van der Waals surface area contributed by atoms with Crippen LogP contribution in [-0.4, -0.2) is 28.6 Å². The third kappa shape index (κ3) is 5.15. The molecule has 122 valence electrons. The van der Waals surface area contributed by atoms with Crippen molar-refractivity contribution in [3.8, 4) is 0 Å². The third-order valence-corrected chi connectivity index (χ3v) is 3.34. The number of aryl methyl sites for hydroxylation is 2. The van der Waals surface area contributed by atoms with Crippen molar-refractivity contribution in [2.75, 3.05) is 13.1 Å². The largest absolute Gasteiger partial charge is 0.370 e. The Hall–Kier alpha value is -1.31. The predicted molar refractivity (Wildman–Crippen MR) is 104 cm³/mol. The van der Waals surface area contributed by atoms with E-state index >= 15 is 0 Å². The molecular formula is C16H26IN5. The Balaban J connectivity index is 0.00000242. The van der Waals surface area contributed by atoms with Crippen molar-refractivity contribution in [3.63, 3.8) is 0 Å². The monoisotopic (exact) mass is 415 g/mol. The van der Waals surface area contributed by atoms with Crippen molar-refractivity contribution >= 4 is 41.0 Å². The van der Waals surface area contributed by atoms with Crippen molar-refractivity contribution in [2.24, 2.45) is 16.6 Å². The van der Waals surface area contributed by atoms with Gasteiger partial charge in [0.2, 0.25) is 0 Å². The number of nitrogens with two attached hydrogens (primary N) is 1. The van der Waals surface area contributed by atoms with Crippen LogP contribution in [0.1, 0.15) is 26.1 Å². The molecule has 1 heterocycles. The first-order chi connectivity index (χ1) is 10.1. The van der Waals surface area contributed by atoms with Crippen LogP contribution in [0.3, 0.4) is 0 Å². The fourth-order valence-corrected chi connectivity index (χ4v) is 2.27. The number of rotatable bonds is 6. The highest BCUT2D eigenvalue weighted by molar-refractivity contribution is 14.0. The Labute approximate surface area is 149 Å². The molecule has 0 atom stereocenters. The molecule has 0 aliphatic heterocycles. The van der Waals surface area contributed by atoms with Gasteiger partial charge in [-0.1, -0.05) is 26.0 Å². The fraction of sp³-hybridized carbons (Fsp3) is 0.500. The van der Waals surface area contributed by atoms with E-state index in [1.165, 1.54) is 5.52 Å². The van der Waals surface area contributed by atoms with Crippen LogP contribution in [0.4, 0.5) is 0 Å². The first kappa shape index (κ1) is 18.7. The topological polar surface area (TPSA) is 68.2 Å². The van der Waals surface area contributed by atoms with Gasteiger partial charge in [0.1, 0.15) is 5.82 Å². The zero-order valence-electron chi connectivity index (χ0n) is 13.5. The van der Waals surface area contributed by atoms with Crippen LogP contribution in [0.2, 0.25) is 0 Å². The molecule has 1 aromatic heterocycles. The number of aliphatic imine (C=N–C) groups is 1. The van der Waals surface area contributed by atoms with Gasteiger partial charge in [-0.15, -0.1) is 24.0 Å². The molecule has 0 aliphatic rings. The van der Waals surface area contributed by atoms with E-state index in [0.717, 1.165) is 37.4 Å². The lowest BCUT2D eigenvalue weighted by Crippen LogP contribution is -2.33. The third-order valence-electron chi connectivity index (χ3n) is 3.34. The molecule has 0 saturated heterocycles. The van der Waals surface area contributed by atoms with Gasteiger partial charge in [-0.2, -0.15) is 0 Å². The van der Waals surface area contributed by atoms with Crippen molar-refractivity contribution in [1.29, 1.82) is 0 Å². The number of nitrogens with one attached hydrogen (secondary N) is 1. The Morgan fingerprint density at radius 2 is 2.09 bits per heavy atom. The van der Waals surface area contributed by atoms with Crippen LogP contribution < -0.4 is 11.1 Å². The predicted octanol–water partition coefficient (Wildman–Crippen LogP) is 2.91. The summed E-state index contributed by atoms with van der Waals surface area (Å²) < 4.78 is 2.25. The molecule has 6 heteroatoms. The lowest BCUT2D eigenvalue weighted by Gasteiger charge is -2.09. The zero-order valence-corrected chi connectivity index (χ0v) is 15.9. The van der Waals surface area contributed by atoms with Gasteiger partial charge in [0, 0.05) is 19.6 Å². The second-order valence-electron chi connectivity index (χ2n) is 5.70. The van der Waals surface area contributed by atoms with Crippen molar-refractivity contribution in [2.45, 2.75) is 33.7 Å². The Morgan fingerprint density at radius 1 is 1.36 bits per heavy atom. The molecule has 0 radical (unpaired) electrons. The molecule has 1 aromatic carbocycles. The van der Waals surface area contributed by atoms with Gasteiger partial charge in [0.15, 0.2) is 5.96 Å². The molecule has 0 bridgehead atoms. The normalized spacial score (nSPS) is 11.7. The summed E-state index contributed by atoms with van der Waals surface area (Å²) in [6.07, 6.45) is 0.985. The van der Waals surface area contributed by atoms with E-state index in [1.807, 2.05) is 19.1 Å². The van der Waals surface area contributed by atoms with Gasteiger partial charge in [-0.25, -0.2) is 4.98 Å². The average molecular weight is 415 g/mol. The molecule has 22 heavy (non-hydrogen) atoms. The van der Waals surface area contributed by atoms with Gasteiger partial charge < -0.3 is 15.6 Å². The second-order valence-corrected chi connectivity index (χ2v) is 5.70. The number of fused-ring (bicyclic) bond motifs is 1. The fourth-order valence-electron chi connectivity index (χ4n) is 2.27. The van der Waals surface area contributed by atoms with Crippen molar-refractivity contribution in [3.05, 3.63) is 30.1 Å². The molecule has 0 amide bonds. The highest BCUT2D eigenvalue weighted by Gasteiger charge is 2.05. The first-order valence-electron chi connectivity index (χ1n) is 7.53. The van der Waals surface area contributed by atoms with Crippen LogP contribution in [0.25, 0.3) is 11.0 Å². The van der Waals surface area contributed by atoms with Crippen LogP contribution in [0.5, 0.6) is 0 Å². The van der Waals surface area contributed by atoms with E-state index in [-0.39, 0.29) is 24.0 Å². The van der Waals surface area contributed by atoms with Gasteiger partial charge in [-0.05, 0) is 31.4 Å². The van der Waals surface area contributed by atoms with Crippen LogP contribution in [-0.2, 0) is 6.54 Å². The number of hydrogen-bond donors (Lipinski definition) is 2. The van der Waals surface area contributed by atoms with E-state index in [9.17, 15) is 0 Å². The molecule has 0 spiro atoms. The molecule has 0 fully saturated rings. The number of nitrogens with zero attached hydrogens (tertiary/aromatic N) is 3. The van der Waals surface area contributed by atoms with E-state index in [4.69, 9.17) is 5.73 Å². The Kier molecular flexibility index (Phi) is 7.64. The molecule has 5 nitrogen and oxygen atoms in total. The maximum absolute atomic E-state index is 5.82. The molecule has 2 aromatic rings. The molecular weight excluding hydrogens is 389 g/mol. The van der Waals surface area contributed by atoms with E-state index in [2.05, 4.69) is 45.8 Å². The molecule has 0 saturated carbocycles. The molecule has 0 unspecified atom stereocenters. The van der Waals surface area contributed by atoms with Gasteiger partial charge >= 0.3 is 0 Å². The Bertz CT molecular complexity index is 618. The van der Waals surface area contributed by atoms with E-state index in [0.29, 0.717) is 11.9 Å². The summed E-state index contributed by atoms with van der Waals surface area (Å²) in [5, 5.41) is 3.16. The second kappa shape index (κ2) is 8.97. The number of benzene rings is 1. The van der Waals surface area contributed by atoms with Crippen LogP contribution in [0, 0.1) is 12.8 Å². The number of halogens is 1. The molecule has 2 rings (SSSR count). The summed E-state index contributed by atoms with van der Waals surface area (Å²) in [4.78, 5) is 8.86. The number of aromatic nitrogens is 2. The first-order valence-corrected chi connectivity index (χ1v) is 7.53. The quantitative estimate of drug-likeness (QED) is 0.330. The van der Waals surface area contributed by atoms with Gasteiger partial charge in [0.25, 0.3) is 0 Å². The molecule has 3 N–H and O–H groups in total. The number of guanidine groups is 1. The van der Waals surface area contributed by atoms with Crippen molar-refractivity contribution < 1.29 is 0 Å². The number of hydrogen-bond acceptors (Lipinski definition) is 2. The van der Waals surface area contributed by atoms with Crippen LogP contribution >= 0.6 is 24.0 Å². The maximum Gasteiger partial charge on any atom is 0.188 e. The minimum Gasteiger partial charge on any atom is -0.370 e. The summed E-state index contributed by atoms with van der Waals surface area (Å²) in [6.45, 7) is 8.82. The smallest absolute Gasteiger partial charge is 0.188 e. The van der Waals surface area contributed by atoms with Gasteiger partial charge in [-0.3, -0.25) is 4.99 Å². The summed E-state index contributed by atoms with van der Waals surface area (Å²) in [6, 6.07) is 8.23. The summed E-state index contributed by atoms with van der Waals surface area (Å²) >= 11 is 0. The average Bonchev–Trinajstić information content (AvgIpc) is 2.77. The van der Waals surface area contributed by atoms with E-state index < -0.39 is 0 Å². The zero-order chi connectivity index (χ0) is 15.2. The SMILES string of the molecule is Cc1nc2ccccc2n1CCCNC(N)=NCC(C)C.I. The van der Waals surface area contributed by atoms with Crippen molar-refractivity contribution in [1.82, 2.24) is 14.9 Å². The van der Waals surface area contributed by atoms with Gasteiger partial charge in [0.05, 0.1) is 11.0 Å². The highest BCUT2D eigenvalue weighted by atomic mass is 127. The number of imidazole rings is 1. The highest BCUT2D eigenvalue weighted by Crippen LogP contribution is 2.15. The minimum atomic E-state index is 0.